The van der Waals surface area contributed by atoms with Crippen molar-refractivity contribution in [2.75, 3.05) is 13.2 Å². The van der Waals surface area contributed by atoms with Crippen LogP contribution in [0.1, 0.15) is 425 Å². The summed E-state index contributed by atoms with van der Waals surface area (Å²) in [6.07, 6.45) is 91.5. The molecule has 0 bridgehead atoms. The summed E-state index contributed by atoms with van der Waals surface area (Å²) in [6, 6.07) is -0.624. The number of ether oxygens (including phenoxy) is 1. The van der Waals surface area contributed by atoms with Gasteiger partial charge in [0.1, 0.15) is 0 Å². The number of unbranched alkanes of at least 4 members (excludes halogenated alkanes) is 58. The maximum Gasteiger partial charge on any atom is 0.305 e. The molecule has 0 spiro atoms. The number of rotatable bonds is 71. The van der Waals surface area contributed by atoms with Crippen molar-refractivity contribution in [2.45, 2.75) is 437 Å². The molecular formula is C76H147NO5. The normalized spacial score (nSPS) is 12.6. The van der Waals surface area contributed by atoms with Gasteiger partial charge in [-0.1, -0.05) is 378 Å². The second-order valence-electron chi connectivity index (χ2n) is 26.0. The van der Waals surface area contributed by atoms with E-state index in [0.717, 1.165) is 38.5 Å². The predicted molar refractivity (Wildman–Crippen MR) is 361 cm³/mol. The van der Waals surface area contributed by atoms with Gasteiger partial charge in [-0.05, 0) is 57.8 Å². The number of amides is 1. The number of carbonyl (C=O) groups is 2. The molecule has 0 fully saturated rings. The summed E-state index contributed by atoms with van der Waals surface area (Å²) in [5.41, 5.74) is 0. The van der Waals surface area contributed by atoms with Crippen molar-refractivity contribution in [3.8, 4) is 0 Å². The van der Waals surface area contributed by atoms with Crippen LogP contribution in [-0.2, 0) is 14.3 Å². The SMILES string of the molecule is CCCCCCCCCCCCCCCC/C=C/C(O)C(CO)NC(=O)CCCCCCCCCCCCCCCCCCC/C=C\CCCCCCCCCCCCCCCCCCOC(=O)CCCCCCCCCCCCCC. The maximum absolute atomic E-state index is 12.5. The van der Waals surface area contributed by atoms with Crippen LogP contribution in [0.2, 0.25) is 0 Å². The van der Waals surface area contributed by atoms with Crippen molar-refractivity contribution in [1.82, 2.24) is 5.32 Å². The molecule has 0 saturated carbocycles. The molecule has 0 aliphatic heterocycles. The zero-order chi connectivity index (χ0) is 59.2. The van der Waals surface area contributed by atoms with Gasteiger partial charge in [0.15, 0.2) is 0 Å². The largest absolute Gasteiger partial charge is 0.466 e. The second kappa shape index (κ2) is 71.8. The average Bonchev–Trinajstić information content (AvgIpc) is 3.48. The fourth-order valence-corrected chi connectivity index (χ4v) is 12.0. The zero-order valence-corrected chi connectivity index (χ0v) is 55.8. The Morgan fingerprint density at radius 1 is 0.329 bits per heavy atom. The number of hydrogen-bond acceptors (Lipinski definition) is 5. The van der Waals surface area contributed by atoms with Gasteiger partial charge in [0.2, 0.25) is 5.91 Å². The summed E-state index contributed by atoms with van der Waals surface area (Å²) in [6.45, 7) is 4.94. The van der Waals surface area contributed by atoms with Crippen LogP contribution in [0.25, 0.3) is 0 Å². The molecule has 0 aromatic rings. The molecule has 1 amide bonds. The molecule has 82 heavy (non-hydrogen) atoms. The van der Waals surface area contributed by atoms with Gasteiger partial charge < -0.3 is 20.3 Å². The van der Waals surface area contributed by atoms with Crippen LogP contribution in [0.15, 0.2) is 24.3 Å². The molecule has 0 radical (unpaired) electrons. The first-order valence-electron chi connectivity index (χ1n) is 37.6. The molecule has 3 N–H and O–H groups in total. The van der Waals surface area contributed by atoms with E-state index in [4.69, 9.17) is 4.74 Å². The Balaban J connectivity index is 3.34. The van der Waals surface area contributed by atoms with Crippen LogP contribution < -0.4 is 5.32 Å². The van der Waals surface area contributed by atoms with Crippen LogP contribution in [0.4, 0.5) is 0 Å². The van der Waals surface area contributed by atoms with E-state index in [1.165, 1.54) is 360 Å². The van der Waals surface area contributed by atoms with Gasteiger partial charge in [0, 0.05) is 12.8 Å². The highest BCUT2D eigenvalue weighted by Gasteiger charge is 2.18. The molecular weight excluding hydrogens is 1010 g/mol. The van der Waals surface area contributed by atoms with Gasteiger partial charge in [0.25, 0.3) is 0 Å². The maximum atomic E-state index is 12.5. The van der Waals surface area contributed by atoms with E-state index in [-0.39, 0.29) is 18.5 Å². The van der Waals surface area contributed by atoms with Crippen LogP contribution in [0.3, 0.4) is 0 Å². The Morgan fingerprint density at radius 3 is 0.866 bits per heavy atom. The van der Waals surface area contributed by atoms with Crippen molar-refractivity contribution in [3.63, 3.8) is 0 Å². The number of carbonyl (C=O) groups excluding carboxylic acids is 2. The van der Waals surface area contributed by atoms with Crippen molar-refractivity contribution >= 4 is 11.9 Å². The van der Waals surface area contributed by atoms with E-state index in [1.807, 2.05) is 6.08 Å². The molecule has 2 unspecified atom stereocenters. The number of esters is 1. The monoisotopic (exact) mass is 1150 g/mol. The van der Waals surface area contributed by atoms with E-state index >= 15 is 0 Å². The minimum absolute atomic E-state index is 0.0226. The number of hydrogen-bond donors (Lipinski definition) is 3. The molecule has 0 saturated heterocycles. The molecule has 6 heteroatoms. The number of allylic oxidation sites excluding steroid dienone is 3. The summed E-state index contributed by atoms with van der Waals surface area (Å²) in [7, 11) is 0. The molecule has 0 aromatic carbocycles. The van der Waals surface area contributed by atoms with E-state index < -0.39 is 12.1 Å². The lowest BCUT2D eigenvalue weighted by Gasteiger charge is -2.20. The fourth-order valence-electron chi connectivity index (χ4n) is 12.0. The summed E-state index contributed by atoms with van der Waals surface area (Å²) in [4.78, 5) is 24.5. The molecule has 0 aliphatic rings. The van der Waals surface area contributed by atoms with Gasteiger partial charge in [0.05, 0.1) is 25.4 Å². The first kappa shape index (κ1) is 80.3. The second-order valence-corrected chi connectivity index (χ2v) is 26.0. The Kier molecular flexibility index (Phi) is 70.4. The van der Waals surface area contributed by atoms with Gasteiger partial charge in [-0.15, -0.1) is 0 Å². The van der Waals surface area contributed by atoms with E-state index in [0.29, 0.717) is 19.4 Å². The van der Waals surface area contributed by atoms with Gasteiger partial charge in [-0.3, -0.25) is 9.59 Å². The third-order valence-corrected chi connectivity index (χ3v) is 17.7. The van der Waals surface area contributed by atoms with Crippen molar-refractivity contribution in [2.24, 2.45) is 0 Å². The summed E-state index contributed by atoms with van der Waals surface area (Å²) in [5, 5.41) is 23.2. The lowest BCUT2D eigenvalue weighted by Crippen LogP contribution is -2.45. The van der Waals surface area contributed by atoms with Crippen molar-refractivity contribution in [3.05, 3.63) is 24.3 Å². The first-order chi connectivity index (χ1) is 40.5. The van der Waals surface area contributed by atoms with Gasteiger partial charge >= 0.3 is 5.97 Å². The molecule has 0 aromatic heterocycles. The lowest BCUT2D eigenvalue weighted by atomic mass is 10.0. The smallest absolute Gasteiger partial charge is 0.305 e. The van der Waals surface area contributed by atoms with E-state index in [9.17, 15) is 19.8 Å². The molecule has 2 atom stereocenters. The van der Waals surface area contributed by atoms with Crippen LogP contribution >= 0.6 is 0 Å². The van der Waals surface area contributed by atoms with Gasteiger partial charge in [-0.2, -0.15) is 0 Å². The van der Waals surface area contributed by atoms with E-state index in [1.54, 1.807) is 6.08 Å². The minimum Gasteiger partial charge on any atom is -0.466 e. The molecule has 0 heterocycles. The highest BCUT2D eigenvalue weighted by atomic mass is 16.5. The Labute approximate surface area is 513 Å². The average molecular weight is 1160 g/mol. The minimum atomic E-state index is -0.841. The number of aliphatic hydroxyl groups excluding tert-OH is 2. The van der Waals surface area contributed by atoms with Crippen LogP contribution in [-0.4, -0.2) is 47.4 Å². The highest BCUT2D eigenvalue weighted by Crippen LogP contribution is 2.19. The van der Waals surface area contributed by atoms with Crippen LogP contribution in [0, 0.1) is 0 Å². The molecule has 0 rings (SSSR count). The third-order valence-electron chi connectivity index (χ3n) is 17.7. The third kappa shape index (κ3) is 67.5. The quantitative estimate of drug-likeness (QED) is 0.0320. The van der Waals surface area contributed by atoms with Crippen molar-refractivity contribution in [1.29, 1.82) is 0 Å². The number of nitrogens with one attached hydrogen (secondary N) is 1. The van der Waals surface area contributed by atoms with Gasteiger partial charge in [-0.25, -0.2) is 0 Å². The summed E-state index contributed by atoms with van der Waals surface area (Å²) >= 11 is 0. The predicted octanol–water partition coefficient (Wildman–Crippen LogP) is 24.5. The Bertz CT molecular complexity index is 1280. The topological polar surface area (TPSA) is 95.9 Å². The standard InChI is InChI=1S/C76H147NO5/c1-3-5-7-9-11-13-15-17-18-42-45-48-52-56-60-64-68-74(79)73(72-78)77-75(80)69-65-61-57-53-49-46-43-40-38-36-34-32-30-28-26-24-22-20-19-21-23-25-27-29-31-33-35-37-39-41-44-47-51-55-59-63-67-71-82-76(81)70-66-62-58-54-50-16-14-12-10-8-6-4-2/h19,21,64,68,73-74,78-79H,3-18,20,22-63,65-67,69-72H2,1-2H3,(H,77,80)/b21-19-,68-64+. The number of aliphatic hydroxyl groups is 2. The van der Waals surface area contributed by atoms with E-state index in [2.05, 4.69) is 31.3 Å². The fraction of sp³-hybridized carbons (Fsp3) is 0.921. The Morgan fingerprint density at radius 2 is 0.573 bits per heavy atom. The molecule has 486 valence electrons. The lowest BCUT2D eigenvalue weighted by molar-refractivity contribution is -0.143. The first-order valence-corrected chi connectivity index (χ1v) is 37.6. The summed E-state index contributed by atoms with van der Waals surface area (Å²) in [5.74, 6) is -0.0382. The molecule has 6 nitrogen and oxygen atoms in total. The van der Waals surface area contributed by atoms with Crippen LogP contribution in [0.5, 0.6) is 0 Å². The molecule has 0 aliphatic carbocycles. The zero-order valence-electron chi connectivity index (χ0n) is 55.8. The highest BCUT2D eigenvalue weighted by molar-refractivity contribution is 5.76. The summed E-state index contributed by atoms with van der Waals surface area (Å²) < 4.78 is 5.49. The van der Waals surface area contributed by atoms with Crippen molar-refractivity contribution < 1.29 is 24.5 Å². The Hall–Kier alpha value is -1.66.